The molecule has 2 unspecified atom stereocenters. The van der Waals surface area contributed by atoms with Crippen LogP contribution >= 0.6 is 0 Å². The topological polar surface area (TPSA) is 53.4 Å². The normalized spacial score (nSPS) is 33.5. The van der Waals surface area contributed by atoms with Gasteiger partial charge in [0, 0.05) is 37.8 Å². The molecule has 6 heteroatoms. The third-order valence-electron chi connectivity index (χ3n) is 10.7. The molecule has 1 N–H and O–H groups in total. The van der Waals surface area contributed by atoms with E-state index in [1.165, 1.54) is 49.7 Å². The second-order valence-electron chi connectivity index (χ2n) is 13.1. The first-order chi connectivity index (χ1) is 19.1. The first kappa shape index (κ1) is 23.7. The number of rotatable bonds is 4. The molecule has 2 aromatic carbocycles. The molecule has 4 aliphatic carbocycles. The first-order valence-electron chi connectivity index (χ1n) is 15.1. The number of anilines is 1. The minimum Gasteiger partial charge on any atom is -0.363 e. The van der Waals surface area contributed by atoms with E-state index in [9.17, 15) is 4.79 Å². The van der Waals surface area contributed by atoms with E-state index in [0.29, 0.717) is 11.2 Å². The van der Waals surface area contributed by atoms with Crippen molar-refractivity contribution in [1.82, 2.24) is 19.6 Å². The Balaban J connectivity index is 1.02. The molecule has 1 amide bonds. The summed E-state index contributed by atoms with van der Waals surface area (Å²) in [5, 5.41) is 8.63. The Morgan fingerprint density at radius 3 is 1.97 bits per heavy atom. The number of carbonyl (C=O) groups is 1. The molecule has 39 heavy (non-hydrogen) atoms. The predicted octanol–water partition coefficient (Wildman–Crippen LogP) is 5.76. The summed E-state index contributed by atoms with van der Waals surface area (Å²) in [6.45, 7) is 3.63. The molecule has 3 aromatic rings. The van der Waals surface area contributed by atoms with Crippen LogP contribution in [0.25, 0.3) is 0 Å². The molecular formula is C33H39N5O. The van der Waals surface area contributed by atoms with Crippen LogP contribution in [0.1, 0.15) is 78.6 Å². The van der Waals surface area contributed by atoms with Gasteiger partial charge in [0.1, 0.15) is 5.82 Å². The fourth-order valence-electron chi connectivity index (χ4n) is 9.26. The van der Waals surface area contributed by atoms with Crippen LogP contribution in [-0.4, -0.2) is 57.2 Å². The predicted molar refractivity (Wildman–Crippen MR) is 153 cm³/mol. The van der Waals surface area contributed by atoms with E-state index in [1.807, 2.05) is 10.7 Å². The molecule has 0 radical (unpaired) electrons. The van der Waals surface area contributed by atoms with Gasteiger partial charge in [-0.1, -0.05) is 60.7 Å². The Bertz CT molecular complexity index is 1310. The highest BCUT2D eigenvalue weighted by Crippen LogP contribution is 2.57. The van der Waals surface area contributed by atoms with Crippen LogP contribution in [0.4, 0.5) is 5.82 Å². The van der Waals surface area contributed by atoms with Gasteiger partial charge in [-0.2, -0.15) is 5.10 Å². The van der Waals surface area contributed by atoms with Crippen LogP contribution in [0.3, 0.4) is 0 Å². The lowest BCUT2D eigenvalue weighted by atomic mass is 9.52. The van der Waals surface area contributed by atoms with E-state index < -0.39 is 0 Å². The number of carbonyl (C=O) groups excluding carboxylic acids is 1. The molecule has 4 bridgehead atoms. The lowest BCUT2D eigenvalue weighted by Crippen LogP contribution is -2.64. The van der Waals surface area contributed by atoms with Gasteiger partial charge in [-0.25, -0.2) is 4.68 Å². The maximum Gasteiger partial charge on any atom is 0.274 e. The summed E-state index contributed by atoms with van der Waals surface area (Å²) in [6.07, 6.45) is 9.52. The molecule has 2 aliphatic heterocycles. The van der Waals surface area contributed by atoms with Crippen LogP contribution in [0.2, 0.25) is 0 Å². The molecule has 202 valence electrons. The summed E-state index contributed by atoms with van der Waals surface area (Å²) in [6, 6.07) is 23.4. The number of hydrogen-bond acceptors (Lipinski definition) is 4. The second kappa shape index (κ2) is 9.22. The summed E-state index contributed by atoms with van der Waals surface area (Å²) in [5.41, 5.74) is 3.49. The summed E-state index contributed by atoms with van der Waals surface area (Å²) < 4.78 is 2.05. The zero-order valence-electron chi connectivity index (χ0n) is 22.7. The summed E-state index contributed by atoms with van der Waals surface area (Å²) >= 11 is 0. The van der Waals surface area contributed by atoms with Gasteiger partial charge in [-0.05, 0) is 73.8 Å². The molecule has 0 spiro atoms. The monoisotopic (exact) mass is 521 g/mol. The van der Waals surface area contributed by atoms with Gasteiger partial charge in [0.25, 0.3) is 5.91 Å². The minimum absolute atomic E-state index is 0.0759. The van der Waals surface area contributed by atoms with Crippen molar-refractivity contribution >= 4 is 11.7 Å². The smallest absolute Gasteiger partial charge is 0.274 e. The van der Waals surface area contributed by atoms with E-state index in [0.717, 1.165) is 56.2 Å². The summed E-state index contributed by atoms with van der Waals surface area (Å²) in [7, 11) is 0. The van der Waals surface area contributed by atoms with Crippen molar-refractivity contribution in [2.45, 2.75) is 62.6 Å². The Morgan fingerprint density at radius 2 is 1.36 bits per heavy atom. The molecule has 1 saturated heterocycles. The fraction of sp³-hybridized carbons (Fsp3) is 0.515. The maximum atomic E-state index is 13.8. The van der Waals surface area contributed by atoms with E-state index in [1.54, 1.807) is 0 Å². The fourth-order valence-corrected chi connectivity index (χ4v) is 9.26. The van der Waals surface area contributed by atoms with Crippen molar-refractivity contribution in [2.24, 2.45) is 17.8 Å². The van der Waals surface area contributed by atoms with Crippen LogP contribution in [0.5, 0.6) is 0 Å². The number of benzene rings is 2. The molecule has 5 fully saturated rings. The largest absolute Gasteiger partial charge is 0.363 e. The van der Waals surface area contributed by atoms with Crippen molar-refractivity contribution in [3.63, 3.8) is 0 Å². The Kier molecular flexibility index (Phi) is 5.62. The zero-order valence-corrected chi connectivity index (χ0v) is 22.7. The number of nitrogens with zero attached hydrogens (tertiary/aromatic N) is 4. The van der Waals surface area contributed by atoms with Gasteiger partial charge in [0.05, 0.1) is 12.1 Å². The summed E-state index contributed by atoms with van der Waals surface area (Å²) in [5.74, 6) is 3.87. The SMILES string of the molecule is O=C(c1cc2n(n1)C(c1ccccc1)CC(c1ccccc1)N2)N1CCN(C23CC4CC(CC(C4)C2)C3)CC1. The van der Waals surface area contributed by atoms with E-state index in [4.69, 9.17) is 5.10 Å². The highest BCUT2D eigenvalue weighted by Gasteiger charge is 2.53. The van der Waals surface area contributed by atoms with Crippen molar-refractivity contribution in [3.8, 4) is 0 Å². The van der Waals surface area contributed by atoms with E-state index in [-0.39, 0.29) is 18.0 Å². The number of hydrogen-bond donors (Lipinski definition) is 1. The van der Waals surface area contributed by atoms with Crippen LogP contribution < -0.4 is 5.32 Å². The molecule has 9 rings (SSSR count). The number of piperazine rings is 1. The third-order valence-corrected chi connectivity index (χ3v) is 10.7. The molecule has 4 saturated carbocycles. The Morgan fingerprint density at radius 1 is 0.769 bits per heavy atom. The van der Waals surface area contributed by atoms with E-state index >= 15 is 0 Å². The van der Waals surface area contributed by atoms with Crippen molar-refractivity contribution in [2.75, 3.05) is 31.5 Å². The number of nitrogens with one attached hydrogen (secondary N) is 1. The van der Waals surface area contributed by atoms with Gasteiger partial charge < -0.3 is 10.2 Å². The van der Waals surface area contributed by atoms with Crippen LogP contribution in [-0.2, 0) is 0 Å². The number of aromatic nitrogens is 2. The van der Waals surface area contributed by atoms with Gasteiger partial charge >= 0.3 is 0 Å². The van der Waals surface area contributed by atoms with Crippen molar-refractivity contribution < 1.29 is 4.79 Å². The zero-order chi connectivity index (χ0) is 26.0. The van der Waals surface area contributed by atoms with Crippen molar-refractivity contribution in [3.05, 3.63) is 83.6 Å². The quantitative estimate of drug-likeness (QED) is 0.475. The molecule has 6 nitrogen and oxygen atoms in total. The number of fused-ring (bicyclic) bond motifs is 1. The highest BCUT2D eigenvalue weighted by molar-refractivity contribution is 5.93. The molecule has 6 aliphatic rings. The maximum absolute atomic E-state index is 13.8. The third kappa shape index (κ3) is 4.10. The molecule has 3 heterocycles. The minimum atomic E-state index is 0.0759. The first-order valence-corrected chi connectivity index (χ1v) is 15.1. The lowest BCUT2D eigenvalue weighted by molar-refractivity contribution is -0.0987. The standard InChI is InChI=1S/C33H39N5O/c39-32(36-11-13-37(14-12-36)33-20-23-15-24(21-33)17-25(16-23)22-33)29-19-31-34-28(26-7-3-1-4-8-26)18-30(38(31)35-29)27-9-5-2-6-10-27/h1-10,19,23-25,28,30,34H,11-18,20-22H2. The molecule has 2 atom stereocenters. The highest BCUT2D eigenvalue weighted by atomic mass is 16.2. The summed E-state index contributed by atoms with van der Waals surface area (Å²) in [4.78, 5) is 18.6. The molecular weight excluding hydrogens is 482 g/mol. The van der Waals surface area contributed by atoms with Gasteiger partial charge in [-0.3, -0.25) is 9.69 Å². The van der Waals surface area contributed by atoms with Gasteiger partial charge in [0.2, 0.25) is 0 Å². The van der Waals surface area contributed by atoms with Crippen molar-refractivity contribution in [1.29, 1.82) is 0 Å². The van der Waals surface area contributed by atoms with Crippen LogP contribution in [0.15, 0.2) is 66.7 Å². The Labute approximate surface area is 231 Å². The average Bonchev–Trinajstić information content (AvgIpc) is 3.41. The molecule has 1 aromatic heterocycles. The Hall–Kier alpha value is -3.12. The lowest BCUT2D eigenvalue weighted by Gasteiger charge is -2.61. The second-order valence-corrected chi connectivity index (χ2v) is 13.1. The average molecular weight is 522 g/mol. The van der Waals surface area contributed by atoms with Crippen LogP contribution in [0, 0.1) is 17.8 Å². The number of amides is 1. The van der Waals surface area contributed by atoms with Gasteiger partial charge in [-0.15, -0.1) is 0 Å². The van der Waals surface area contributed by atoms with Gasteiger partial charge in [0.15, 0.2) is 5.69 Å². The van der Waals surface area contributed by atoms with E-state index in [2.05, 4.69) is 75.8 Å².